The lowest BCUT2D eigenvalue weighted by Gasteiger charge is -2.31. The molecule has 3 rings (SSSR count). The zero-order valence-corrected chi connectivity index (χ0v) is 15.4. The summed E-state index contributed by atoms with van der Waals surface area (Å²) in [5.74, 6) is 0.361. The maximum absolute atomic E-state index is 9.60. The molecule has 2 heterocycles. The quantitative estimate of drug-likeness (QED) is 0.486. The Morgan fingerprint density at radius 1 is 1.32 bits per heavy atom. The molecule has 1 aromatic carbocycles. The molecular weight excluding hydrogens is 336 g/mol. The second-order valence-corrected chi connectivity index (χ2v) is 7.54. The average Bonchev–Trinajstić information content (AvgIpc) is 2.93. The first-order chi connectivity index (χ1) is 12.0. The van der Waals surface area contributed by atoms with Crippen LogP contribution in [0.3, 0.4) is 0 Å². The third-order valence-electron chi connectivity index (χ3n) is 4.35. The average molecular weight is 360 g/mol. The van der Waals surface area contributed by atoms with Gasteiger partial charge in [-0.05, 0) is 51.0 Å². The topological polar surface area (TPSA) is 84.0 Å². The molecule has 0 radical (unpaired) electrons. The fourth-order valence-corrected chi connectivity index (χ4v) is 3.73. The highest BCUT2D eigenvalue weighted by Crippen LogP contribution is 2.21. The molecular formula is C18H24N4O2S. The van der Waals surface area contributed by atoms with Crippen molar-refractivity contribution in [3.05, 3.63) is 45.4 Å². The van der Waals surface area contributed by atoms with Crippen molar-refractivity contribution in [3.63, 3.8) is 0 Å². The number of aliphatic hydroxyl groups excluding tert-OH is 1. The van der Waals surface area contributed by atoms with Crippen molar-refractivity contribution < 1.29 is 9.94 Å². The molecule has 0 saturated carbocycles. The molecule has 134 valence electrons. The van der Waals surface area contributed by atoms with Gasteiger partial charge in [-0.3, -0.25) is 0 Å². The SMILES string of the molecule is Cc1nc(C)c(CON=C(N)c2ccc(N3CCC(O)CC3)cc2)s1. The molecule has 0 unspecified atom stereocenters. The van der Waals surface area contributed by atoms with Gasteiger partial charge in [0.1, 0.15) is 0 Å². The third kappa shape index (κ3) is 4.49. The molecule has 0 amide bonds. The van der Waals surface area contributed by atoms with E-state index in [1.807, 2.05) is 38.1 Å². The highest BCUT2D eigenvalue weighted by Gasteiger charge is 2.17. The minimum absolute atomic E-state index is 0.165. The lowest BCUT2D eigenvalue weighted by atomic mass is 10.1. The monoisotopic (exact) mass is 360 g/mol. The second kappa shape index (κ2) is 7.84. The molecule has 25 heavy (non-hydrogen) atoms. The minimum atomic E-state index is -0.165. The first-order valence-electron chi connectivity index (χ1n) is 8.44. The summed E-state index contributed by atoms with van der Waals surface area (Å²) in [4.78, 5) is 13.1. The van der Waals surface area contributed by atoms with Crippen molar-refractivity contribution in [2.45, 2.75) is 39.4 Å². The van der Waals surface area contributed by atoms with Gasteiger partial charge in [-0.25, -0.2) is 4.98 Å². The number of oxime groups is 1. The molecule has 0 spiro atoms. The molecule has 0 aliphatic carbocycles. The molecule has 1 aliphatic rings. The number of amidine groups is 1. The van der Waals surface area contributed by atoms with E-state index in [2.05, 4.69) is 15.0 Å². The number of hydrogen-bond acceptors (Lipinski definition) is 6. The van der Waals surface area contributed by atoms with Crippen LogP contribution in [-0.2, 0) is 11.4 Å². The Hall–Kier alpha value is -2.12. The Morgan fingerprint density at radius 2 is 2.00 bits per heavy atom. The zero-order valence-electron chi connectivity index (χ0n) is 14.6. The maximum Gasteiger partial charge on any atom is 0.170 e. The number of anilines is 1. The van der Waals surface area contributed by atoms with Crippen LogP contribution in [0.5, 0.6) is 0 Å². The maximum atomic E-state index is 9.60. The van der Waals surface area contributed by atoms with Gasteiger partial charge >= 0.3 is 0 Å². The fourth-order valence-electron chi connectivity index (χ4n) is 2.89. The van der Waals surface area contributed by atoms with Gasteiger partial charge in [0.25, 0.3) is 0 Å². The summed E-state index contributed by atoms with van der Waals surface area (Å²) in [5, 5.41) is 14.6. The summed E-state index contributed by atoms with van der Waals surface area (Å²) < 4.78 is 0. The van der Waals surface area contributed by atoms with Gasteiger partial charge in [0.05, 0.1) is 21.7 Å². The smallest absolute Gasteiger partial charge is 0.170 e. The number of hydrogen-bond donors (Lipinski definition) is 2. The summed E-state index contributed by atoms with van der Waals surface area (Å²) in [7, 11) is 0. The summed E-state index contributed by atoms with van der Waals surface area (Å²) >= 11 is 1.61. The van der Waals surface area contributed by atoms with Crippen LogP contribution in [-0.4, -0.2) is 35.1 Å². The summed E-state index contributed by atoms with van der Waals surface area (Å²) in [5.41, 5.74) is 8.96. The third-order valence-corrected chi connectivity index (χ3v) is 5.40. The van der Waals surface area contributed by atoms with E-state index in [0.29, 0.717) is 12.4 Å². The van der Waals surface area contributed by atoms with Crippen molar-refractivity contribution in [2.75, 3.05) is 18.0 Å². The second-order valence-electron chi connectivity index (χ2n) is 6.26. The molecule has 1 saturated heterocycles. The van der Waals surface area contributed by atoms with Gasteiger partial charge in [-0.2, -0.15) is 0 Å². The van der Waals surface area contributed by atoms with Crippen LogP contribution >= 0.6 is 11.3 Å². The van der Waals surface area contributed by atoms with Crippen molar-refractivity contribution in [1.82, 2.24) is 4.98 Å². The van der Waals surface area contributed by atoms with E-state index in [0.717, 1.165) is 52.8 Å². The summed E-state index contributed by atoms with van der Waals surface area (Å²) in [6.45, 7) is 6.07. The van der Waals surface area contributed by atoms with Crippen LogP contribution in [0.25, 0.3) is 0 Å². The van der Waals surface area contributed by atoms with Gasteiger partial charge < -0.3 is 20.6 Å². The van der Waals surface area contributed by atoms with Gasteiger partial charge in [0.2, 0.25) is 0 Å². The number of piperidine rings is 1. The number of aryl methyl sites for hydroxylation is 2. The van der Waals surface area contributed by atoms with E-state index in [1.54, 1.807) is 11.3 Å². The van der Waals surface area contributed by atoms with Gasteiger partial charge in [0, 0.05) is 24.3 Å². The van der Waals surface area contributed by atoms with Crippen molar-refractivity contribution in [3.8, 4) is 0 Å². The number of benzene rings is 1. The Kier molecular flexibility index (Phi) is 5.55. The predicted octanol–water partition coefficient (Wildman–Crippen LogP) is 2.56. The van der Waals surface area contributed by atoms with Crippen LogP contribution in [0.1, 0.15) is 34.0 Å². The van der Waals surface area contributed by atoms with Gasteiger partial charge in [-0.1, -0.05) is 5.16 Å². The largest absolute Gasteiger partial charge is 0.393 e. The molecule has 3 N–H and O–H groups in total. The van der Waals surface area contributed by atoms with Crippen molar-refractivity contribution >= 4 is 22.9 Å². The number of nitrogens with two attached hydrogens (primary N) is 1. The molecule has 0 atom stereocenters. The lowest BCUT2D eigenvalue weighted by Crippen LogP contribution is -2.35. The predicted molar refractivity (Wildman–Crippen MR) is 101 cm³/mol. The van der Waals surface area contributed by atoms with Crippen LogP contribution in [0.4, 0.5) is 5.69 Å². The standard InChI is InChI=1S/C18H24N4O2S/c1-12-17(25-13(2)20-12)11-24-21-18(19)14-3-5-15(6-4-14)22-9-7-16(23)8-10-22/h3-6,16,23H,7-11H2,1-2H3,(H2,19,21). The molecule has 1 aliphatic heterocycles. The highest BCUT2D eigenvalue weighted by molar-refractivity contribution is 7.11. The first kappa shape index (κ1) is 17.7. The summed E-state index contributed by atoms with van der Waals surface area (Å²) in [6, 6.07) is 7.97. The Labute approximate surface area is 151 Å². The normalized spacial score (nSPS) is 16.3. The number of thiazole rings is 1. The summed E-state index contributed by atoms with van der Waals surface area (Å²) in [6.07, 6.45) is 1.46. The van der Waals surface area contributed by atoms with Gasteiger partial charge in [-0.15, -0.1) is 11.3 Å². The first-order valence-corrected chi connectivity index (χ1v) is 9.26. The number of aromatic nitrogens is 1. The number of rotatable bonds is 5. The van der Waals surface area contributed by atoms with Crippen LogP contribution < -0.4 is 10.6 Å². The van der Waals surface area contributed by atoms with Crippen molar-refractivity contribution in [2.24, 2.45) is 10.9 Å². The Morgan fingerprint density at radius 3 is 2.60 bits per heavy atom. The van der Waals surface area contributed by atoms with E-state index < -0.39 is 0 Å². The number of nitrogens with zero attached hydrogens (tertiary/aromatic N) is 3. The molecule has 6 nitrogen and oxygen atoms in total. The molecule has 1 aromatic heterocycles. The molecule has 2 aromatic rings. The Balaban J connectivity index is 1.58. The van der Waals surface area contributed by atoms with Gasteiger partial charge in [0.15, 0.2) is 12.4 Å². The van der Waals surface area contributed by atoms with E-state index >= 15 is 0 Å². The minimum Gasteiger partial charge on any atom is -0.393 e. The zero-order chi connectivity index (χ0) is 17.8. The van der Waals surface area contributed by atoms with E-state index in [4.69, 9.17) is 10.6 Å². The van der Waals surface area contributed by atoms with E-state index in [-0.39, 0.29) is 6.10 Å². The molecule has 1 fully saturated rings. The number of aliphatic hydroxyl groups is 1. The van der Waals surface area contributed by atoms with Crippen LogP contribution in [0.15, 0.2) is 29.4 Å². The van der Waals surface area contributed by atoms with E-state index in [9.17, 15) is 5.11 Å². The molecule has 0 bridgehead atoms. The van der Waals surface area contributed by atoms with E-state index in [1.165, 1.54) is 0 Å². The Bertz CT molecular complexity index is 734. The lowest BCUT2D eigenvalue weighted by molar-refractivity contribution is 0.132. The fraction of sp³-hybridized carbons (Fsp3) is 0.444. The van der Waals surface area contributed by atoms with Crippen LogP contribution in [0.2, 0.25) is 0 Å². The van der Waals surface area contributed by atoms with Crippen molar-refractivity contribution in [1.29, 1.82) is 0 Å². The highest BCUT2D eigenvalue weighted by atomic mass is 32.1. The molecule has 7 heteroatoms. The van der Waals surface area contributed by atoms with Crippen LogP contribution in [0, 0.1) is 13.8 Å².